The Bertz CT molecular complexity index is 582. The zero-order valence-corrected chi connectivity index (χ0v) is 11.9. The van der Waals surface area contributed by atoms with E-state index in [-0.39, 0.29) is 16.6 Å². The van der Waals surface area contributed by atoms with E-state index in [2.05, 4.69) is 21.2 Å². The van der Waals surface area contributed by atoms with Crippen molar-refractivity contribution in [2.24, 2.45) is 0 Å². The fraction of sp³-hybridized carbons (Fsp3) is 0.364. The third-order valence-corrected chi connectivity index (χ3v) is 4.75. The molecule has 0 aliphatic heterocycles. The van der Waals surface area contributed by atoms with Crippen LogP contribution in [-0.4, -0.2) is 26.1 Å². The number of carbonyl (C=O) groups excluding carboxylic acids is 1. The Kier molecular flexibility index (Phi) is 3.63. The first kappa shape index (κ1) is 13.4. The summed E-state index contributed by atoms with van der Waals surface area (Å²) < 4.78 is 24.7. The second-order valence-electron chi connectivity index (χ2n) is 4.28. The number of rotatable bonds is 4. The predicted molar refractivity (Wildman–Crippen MR) is 71.8 cm³/mol. The van der Waals surface area contributed by atoms with Crippen molar-refractivity contribution in [1.29, 1.82) is 0 Å². The summed E-state index contributed by atoms with van der Waals surface area (Å²) in [5.74, 6) is -1.03. The largest absolute Gasteiger partial charge is 0.398 e. The summed E-state index contributed by atoms with van der Waals surface area (Å²) in [7, 11) is -3.68. The zero-order chi connectivity index (χ0) is 13.3. The lowest BCUT2D eigenvalue weighted by Gasteiger charge is -2.08. The van der Waals surface area contributed by atoms with Crippen LogP contribution >= 0.6 is 15.9 Å². The van der Waals surface area contributed by atoms with Gasteiger partial charge in [-0.15, -0.1) is 0 Å². The highest BCUT2D eigenvalue weighted by atomic mass is 79.9. The van der Waals surface area contributed by atoms with E-state index in [9.17, 15) is 13.2 Å². The summed E-state index contributed by atoms with van der Waals surface area (Å²) in [6, 6.07) is 4.64. The van der Waals surface area contributed by atoms with E-state index in [0.717, 1.165) is 12.8 Å². The van der Waals surface area contributed by atoms with E-state index >= 15 is 0 Å². The SMILES string of the molecule is Nc1cc(Br)ccc1S(=O)(=O)CC(=O)NC1CC1. The standard InChI is InChI=1S/C11H13BrN2O3S/c12-7-1-4-10(9(13)5-7)18(16,17)6-11(15)14-8-2-3-8/h1,4-5,8H,2-3,6,13H2,(H,14,15). The fourth-order valence-electron chi connectivity index (χ4n) is 1.55. The first-order chi connectivity index (χ1) is 8.38. The minimum Gasteiger partial charge on any atom is -0.398 e. The number of nitrogens with one attached hydrogen (secondary N) is 1. The van der Waals surface area contributed by atoms with Gasteiger partial charge >= 0.3 is 0 Å². The molecule has 0 bridgehead atoms. The summed E-state index contributed by atoms with van der Waals surface area (Å²) in [6.07, 6.45) is 1.85. The van der Waals surface area contributed by atoms with Crippen molar-refractivity contribution in [3.63, 3.8) is 0 Å². The number of benzene rings is 1. The molecule has 1 amide bonds. The van der Waals surface area contributed by atoms with Gasteiger partial charge in [0.1, 0.15) is 5.75 Å². The average Bonchev–Trinajstić information content (AvgIpc) is 2.99. The molecule has 5 nitrogen and oxygen atoms in total. The Hall–Kier alpha value is -1.08. The second kappa shape index (κ2) is 4.89. The minimum absolute atomic E-state index is 0.00310. The highest BCUT2D eigenvalue weighted by Crippen LogP contribution is 2.24. The number of carbonyl (C=O) groups is 1. The number of amides is 1. The number of nitrogen functional groups attached to an aromatic ring is 1. The number of halogens is 1. The van der Waals surface area contributed by atoms with Gasteiger partial charge in [0.25, 0.3) is 0 Å². The minimum atomic E-state index is -3.68. The van der Waals surface area contributed by atoms with Crippen LogP contribution in [0.15, 0.2) is 27.6 Å². The molecule has 1 aliphatic carbocycles. The zero-order valence-electron chi connectivity index (χ0n) is 9.52. The molecule has 1 fully saturated rings. The molecule has 98 valence electrons. The maximum atomic E-state index is 12.0. The van der Waals surface area contributed by atoms with Crippen molar-refractivity contribution in [2.45, 2.75) is 23.8 Å². The van der Waals surface area contributed by atoms with Gasteiger partial charge in [0, 0.05) is 10.5 Å². The molecule has 1 aliphatic rings. The molecule has 0 saturated heterocycles. The number of hydrogen-bond donors (Lipinski definition) is 2. The molecule has 1 saturated carbocycles. The lowest BCUT2D eigenvalue weighted by Crippen LogP contribution is -2.32. The summed E-state index contributed by atoms with van der Waals surface area (Å²) in [5.41, 5.74) is 5.80. The smallest absolute Gasteiger partial charge is 0.235 e. The van der Waals surface area contributed by atoms with E-state index in [4.69, 9.17) is 5.73 Å². The maximum absolute atomic E-state index is 12.0. The molecule has 0 atom stereocenters. The second-order valence-corrected chi connectivity index (χ2v) is 7.16. The van der Waals surface area contributed by atoms with Crippen molar-refractivity contribution in [3.8, 4) is 0 Å². The summed E-state index contributed by atoms with van der Waals surface area (Å²) in [4.78, 5) is 11.5. The lowest BCUT2D eigenvalue weighted by molar-refractivity contribution is -0.118. The van der Waals surface area contributed by atoms with Gasteiger partial charge in [0.15, 0.2) is 9.84 Å². The van der Waals surface area contributed by atoms with Crippen LogP contribution in [0.2, 0.25) is 0 Å². The summed E-state index contributed by atoms with van der Waals surface area (Å²) in [6.45, 7) is 0. The van der Waals surface area contributed by atoms with Crippen LogP contribution in [0, 0.1) is 0 Å². The molecule has 1 aromatic rings. The van der Waals surface area contributed by atoms with Gasteiger partial charge in [-0.2, -0.15) is 0 Å². The fourth-order valence-corrected chi connectivity index (χ4v) is 3.21. The molecule has 0 radical (unpaired) electrons. The molecule has 3 N–H and O–H groups in total. The highest BCUT2D eigenvalue weighted by Gasteiger charge is 2.27. The van der Waals surface area contributed by atoms with E-state index in [0.29, 0.717) is 4.47 Å². The van der Waals surface area contributed by atoms with Gasteiger partial charge in [-0.25, -0.2) is 8.42 Å². The third-order valence-electron chi connectivity index (χ3n) is 2.57. The van der Waals surface area contributed by atoms with Gasteiger partial charge in [0.05, 0.1) is 10.6 Å². The molecule has 18 heavy (non-hydrogen) atoms. The van der Waals surface area contributed by atoms with Crippen molar-refractivity contribution in [1.82, 2.24) is 5.32 Å². The Morgan fingerprint density at radius 1 is 1.44 bits per heavy atom. The predicted octanol–water partition coefficient (Wildman–Crippen LogP) is 1.08. The van der Waals surface area contributed by atoms with Crippen molar-refractivity contribution in [2.75, 3.05) is 11.5 Å². The molecule has 0 unspecified atom stereocenters. The Labute approximate surface area is 114 Å². The molecular formula is C11H13BrN2O3S. The van der Waals surface area contributed by atoms with Crippen molar-refractivity contribution >= 4 is 37.4 Å². The molecule has 0 aromatic heterocycles. The topological polar surface area (TPSA) is 89.3 Å². The average molecular weight is 333 g/mol. The summed E-state index contributed by atoms with van der Waals surface area (Å²) >= 11 is 3.20. The van der Waals surface area contributed by atoms with Crippen LogP contribution in [0.3, 0.4) is 0 Å². The van der Waals surface area contributed by atoms with Gasteiger partial charge in [-0.3, -0.25) is 4.79 Å². The third kappa shape index (κ3) is 3.23. The number of hydrogen-bond acceptors (Lipinski definition) is 4. The summed E-state index contributed by atoms with van der Waals surface area (Å²) in [5, 5.41) is 2.64. The Balaban J connectivity index is 2.16. The molecule has 7 heteroatoms. The lowest BCUT2D eigenvalue weighted by atomic mass is 10.3. The Morgan fingerprint density at radius 2 is 2.11 bits per heavy atom. The van der Waals surface area contributed by atoms with E-state index in [1.54, 1.807) is 6.07 Å². The van der Waals surface area contributed by atoms with E-state index < -0.39 is 21.5 Å². The highest BCUT2D eigenvalue weighted by molar-refractivity contribution is 9.10. The quantitative estimate of drug-likeness (QED) is 0.807. The number of nitrogens with two attached hydrogens (primary N) is 1. The molecular weight excluding hydrogens is 320 g/mol. The van der Waals surface area contributed by atoms with Gasteiger partial charge in [-0.05, 0) is 31.0 Å². The van der Waals surface area contributed by atoms with Gasteiger partial charge < -0.3 is 11.1 Å². The molecule has 1 aromatic carbocycles. The van der Waals surface area contributed by atoms with Crippen LogP contribution in [0.5, 0.6) is 0 Å². The number of anilines is 1. The van der Waals surface area contributed by atoms with E-state index in [1.807, 2.05) is 0 Å². The molecule has 0 heterocycles. The van der Waals surface area contributed by atoms with Crippen molar-refractivity contribution in [3.05, 3.63) is 22.7 Å². The Morgan fingerprint density at radius 3 is 2.67 bits per heavy atom. The molecule has 2 rings (SSSR count). The molecule has 0 spiro atoms. The van der Waals surface area contributed by atoms with Crippen LogP contribution in [0.25, 0.3) is 0 Å². The number of sulfone groups is 1. The van der Waals surface area contributed by atoms with E-state index in [1.165, 1.54) is 12.1 Å². The van der Waals surface area contributed by atoms with Gasteiger partial charge in [-0.1, -0.05) is 15.9 Å². The first-order valence-corrected chi connectivity index (χ1v) is 7.90. The normalized spacial score (nSPS) is 15.4. The van der Waals surface area contributed by atoms with Gasteiger partial charge in [0.2, 0.25) is 5.91 Å². The maximum Gasteiger partial charge on any atom is 0.235 e. The monoisotopic (exact) mass is 332 g/mol. The van der Waals surface area contributed by atoms with Crippen LogP contribution in [0.1, 0.15) is 12.8 Å². The first-order valence-electron chi connectivity index (χ1n) is 5.45. The van der Waals surface area contributed by atoms with Crippen molar-refractivity contribution < 1.29 is 13.2 Å². The van der Waals surface area contributed by atoms with Crippen LogP contribution < -0.4 is 11.1 Å². The van der Waals surface area contributed by atoms with Crippen LogP contribution in [-0.2, 0) is 14.6 Å². The van der Waals surface area contributed by atoms with Crippen LogP contribution in [0.4, 0.5) is 5.69 Å².